The van der Waals surface area contributed by atoms with Crippen molar-refractivity contribution >= 4 is 40.2 Å². The van der Waals surface area contributed by atoms with Crippen LogP contribution in [0.15, 0.2) is 60.1 Å². The fourth-order valence-electron chi connectivity index (χ4n) is 2.68. The van der Waals surface area contributed by atoms with Gasteiger partial charge in [0.25, 0.3) is 5.91 Å². The molecule has 5 nitrogen and oxygen atoms in total. The van der Waals surface area contributed by atoms with E-state index in [1.54, 1.807) is 36.4 Å². The summed E-state index contributed by atoms with van der Waals surface area (Å²) in [7, 11) is 0. The number of hydrogen-bond donors (Lipinski definition) is 1. The molecule has 144 valence electrons. The number of hydrogen-bond acceptors (Lipinski definition) is 6. The van der Waals surface area contributed by atoms with Gasteiger partial charge in [-0.05, 0) is 54.8 Å². The van der Waals surface area contributed by atoms with E-state index < -0.39 is 0 Å². The highest BCUT2D eigenvalue weighted by Gasteiger charge is 2.17. The van der Waals surface area contributed by atoms with Crippen LogP contribution >= 0.6 is 22.7 Å². The Bertz CT molecular complexity index is 1190. The van der Waals surface area contributed by atoms with Gasteiger partial charge in [-0.1, -0.05) is 6.07 Å². The van der Waals surface area contributed by atoms with Crippen LogP contribution in [-0.2, 0) is 0 Å². The normalized spacial score (nSPS) is 10.7. The molecule has 8 heteroatoms. The van der Waals surface area contributed by atoms with Crippen LogP contribution in [0.3, 0.4) is 0 Å². The summed E-state index contributed by atoms with van der Waals surface area (Å²) in [5, 5.41) is 4.57. The molecule has 29 heavy (non-hydrogen) atoms. The zero-order valence-corrected chi connectivity index (χ0v) is 16.8. The second-order valence-corrected chi connectivity index (χ2v) is 8.14. The molecule has 0 aliphatic carbocycles. The van der Waals surface area contributed by atoms with Gasteiger partial charge in [-0.25, -0.2) is 9.37 Å². The number of carbonyl (C=O) groups excluding carboxylic acids is 2. The third-order valence-electron chi connectivity index (χ3n) is 4.06. The standard InChI is InChI=1S/C21H14FN3O2S2/c1-12(26)15-8-9-16(29-15)20-19(13-4-6-14(22)7-5-13)23-11-18(24-20)25-21(27)17-3-2-10-28-17/h2-11H,1H3,(H,24,25,27). The van der Waals surface area contributed by atoms with Crippen LogP contribution in [0.5, 0.6) is 0 Å². The zero-order chi connectivity index (χ0) is 20.4. The minimum Gasteiger partial charge on any atom is -0.305 e. The lowest BCUT2D eigenvalue weighted by atomic mass is 10.1. The van der Waals surface area contributed by atoms with Gasteiger partial charge in [0.2, 0.25) is 0 Å². The molecule has 4 rings (SSSR count). The Morgan fingerprint density at radius 2 is 1.79 bits per heavy atom. The van der Waals surface area contributed by atoms with Crippen molar-refractivity contribution in [3.63, 3.8) is 0 Å². The van der Waals surface area contributed by atoms with E-state index in [0.717, 1.165) is 4.88 Å². The summed E-state index contributed by atoms with van der Waals surface area (Å²) in [4.78, 5) is 35.0. The molecule has 0 saturated heterocycles. The van der Waals surface area contributed by atoms with Crippen LogP contribution in [-0.4, -0.2) is 21.7 Å². The number of rotatable bonds is 5. The predicted molar refractivity (Wildman–Crippen MR) is 113 cm³/mol. The van der Waals surface area contributed by atoms with E-state index in [0.29, 0.717) is 32.5 Å². The number of aromatic nitrogens is 2. The van der Waals surface area contributed by atoms with E-state index in [4.69, 9.17) is 0 Å². The SMILES string of the molecule is CC(=O)c1ccc(-c2nc(NC(=O)c3cccs3)cnc2-c2ccc(F)cc2)s1. The molecule has 3 heterocycles. The molecular weight excluding hydrogens is 409 g/mol. The van der Waals surface area contributed by atoms with E-state index in [-0.39, 0.29) is 17.5 Å². The lowest BCUT2D eigenvalue weighted by molar-refractivity contribution is 0.101. The zero-order valence-electron chi connectivity index (χ0n) is 15.2. The van der Waals surface area contributed by atoms with Crippen molar-refractivity contribution in [2.75, 3.05) is 5.32 Å². The Balaban J connectivity index is 1.77. The molecule has 0 bridgehead atoms. The number of carbonyl (C=O) groups is 2. The number of nitrogens with zero attached hydrogens (tertiary/aromatic N) is 2. The number of anilines is 1. The van der Waals surface area contributed by atoms with Crippen LogP contribution in [0.4, 0.5) is 10.2 Å². The molecule has 0 unspecified atom stereocenters. The number of ketones is 1. The molecule has 1 N–H and O–H groups in total. The van der Waals surface area contributed by atoms with Gasteiger partial charge in [0, 0.05) is 5.56 Å². The van der Waals surface area contributed by atoms with Crippen molar-refractivity contribution in [3.8, 4) is 21.8 Å². The van der Waals surface area contributed by atoms with Gasteiger partial charge in [0.05, 0.1) is 26.5 Å². The van der Waals surface area contributed by atoms with E-state index in [1.807, 2.05) is 5.38 Å². The predicted octanol–water partition coefficient (Wildman–Crippen LogP) is 5.53. The van der Waals surface area contributed by atoms with Crippen LogP contribution in [0.2, 0.25) is 0 Å². The number of amides is 1. The Labute approximate surface area is 173 Å². The van der Waals surface area contributed by atoms with E-state index in [2.05, 4.69) is 15.3 Å². The van der Waals surface area contributed by atoms with Gasteiger partial charge in [0.1, 0.15) is 11.5 Å². The maximum atomic E-state index is 13.3. The van der Waals surface area contributed by atoms with Gasteiger partial charge in [-0.2, -0.15) is 0 Å². The third kappa shape index (κ3) is 4.13. The van der Waals surface area contributed by atoms with Gasteiger partial charge >= 0.3 is 0 Å². The van der Waals surface area contributed by atoms with Gasteiger partial charge in [0.15, 0.2) is 11.6 Å². The first-order chi connectivity index (χ1) is 14.0. The molecule has 3 aromatic heterocycles. The molecule has 0 aliphatic heterocycles. The number of nitrogens with one attached hydrogen (secondary N) is 1. The fraction of sp³-hybridized carbons (Fsp3) is 0.0476. The lowest BCUT2D eigenvalue weighted by Gasteiger charge is -2.10. The fourth-order valence-corrected chi connectivity index (χ4v) is 4.19. The highest BCUT2D eigenvalue weighted by molar-refractivity contribution is 7.17. The number of thiophene rings is 2. The average molecular weight is 423 g/mol. The van der Waals surface area contributed by atoms with Crippen molar-refractivity contribution < 1.29 is 14.0 Å². The van der Waals surface area contributed by atoms with Crippen LogP contribution < -0.4 is 5.32 Å². The maximum Gasteiger partial charge on any atom is 0.266 e. The molecule has 0 aliphatic rings. The van der Waals surface area contributed by atoms with E-state index in [1.165, 1.54) is 47.9 Å². The smallest absolute Gasteiger partial charge is 0.266 e. The highest BCUT2D eigenvalue weighted by atomic mass is 32.1. The number of Topliss-reactive ketones (excluding diaryl/α,β-unsaturated/α-hetero) is 1. The van der Waals surface area contributed by atoms with Crippen molar-refractivity contribution in [1.29, 1.82) is 0 Å². The minimum absolute atomic E-state index is 0.0419. The quantitative estimate of drug-likeness (QED) is 0.429. The summed E-state index contributed by atoms with van der Waals surface area (Å²) in [5.74, 6) is -0.370. The third-order valence-corrected chi connectivity index (χ3v) is 6.12. The molecule has 0 atom stereocenters. The van der Waals surface area contributed by atoms with Crippen molar-refractivity contribution in [2.24, 2.45) is 0 Å². The van der Waals surface area contributed by atoms with Gasteiger partial charge < -0.3 is 5.32 Å². The molecule has 0 radical (unpaired) electrons. The summed E-state index contributed by atoms with van der Waals surface area (Å²) >= 11 is 2.62. The van der Waals surface area contributed by atoms with Crippen LogP contribution in [0.1, 0.15) is 26.3 Å². The molecule has 0 saturated carbocycles. The monoisotopic (exact) mass is 423 g/mol. The first-order valence-electron chi connectivity index (χ1n) is 8.60. The second kappa shape index (κ2) is 8.02. The Morgan fingerprint density at radius 3 is 2.45 bits per heavy atom. The van der Waals surface area contributed by atoms with E-state index >= 15 is 0 Å². The first-order valence-corrected chi connectivity index (χ1v) is 10.3. The summed E-state index contributed by atoms with van der Waals surface area (Å²) in [5.41, 5.74) is 1.73. The molecule has 1 amide bonds. The summed E-state index contributed by atoms with van der Waals surface area (Å²) in [6.07, 6.45) is 1.47. The molecule has 4 aromatic rings. The Morgan fingerprint density at radius 1 is 1.00 bits per heavy atom. The van der Waals surface area contributed by atoms with Crippen LogP contribution in [0, 0.1) is 5.82 Å². The second-order valence-electron chi connectivity index (χ2n) is 6.11. The summed E-state index contributed by atoms with van der Waals surface area (Å²) in [6, 6.07) is 13.0. The molecule has 0 spiro atoms. The maximum absolute atomic E-state index is 13.3. The summed E-state index contributed by atoms with van der Waals surface area (Å²) < 4.78 is 13.3. The first kappa shape index (κ1) is 19.1. The van der Waals surface area contributed by atoms with Gasteiger partial charge in [-0.3, -0.25) is 14.6 Å². The molecule has 1 aromatic carbocycles. The Hall–Kier alpha value is -3.23. The minimum atomic E-state index is -0.349. The largest absolute Gasteiger partial charge is 0.305 e. The Kier molecular flexibility index (Phi) is 5.28. The molecule has 0 fully saturated rings. The topological polar surface area (TPSA) is 72.0 Å². The van der Waals surface area contributed by atoms with E-state index in [9.17, 15) is 14.0 Å². The van der Waals surface area contributed by atoms with Gasteiger partial charge in [-0.15, -0.1) is 22.7 Å². The number of benzene rings is 1. The van der Waals surface area contributed by atoms with Crippen LogP contribution in [0.25, 0.3) is 21.8 Å². The molecular formula is C21H14FN3O2S2. The lowest BCUT2D eigenvalue weighted by Crippen LogP contribution is -2.12. The number of halogens is 1. The summed E-state index contributed by atoms with van der Waals surface area (Å²) in [6.45, 7) is 1.50. The van der Waals surface area contributed by atoms with Crippen molar-refractivity contribution in [1.82, 2.24) is 9.97 Å². The highest BCUT2D eigenvalue weighted by Crippen LogP contribution is 2.34. The average Bonchev–Trinajstić information content (AvgIpc) is 3.41. The van der Waals surface area contributed by atoms with Crippen molar-refractivity contribution in [3.05, 3.63) is 75.7 Å². The van der Waals surface area contributed by atoms with Crippen molar-refractivity contribution in [2.45, 2.75) is 6.92 Å².